The van der Waals surface area contributed by atoms with Crippen molar-refractivity contribution >= 4 is 40.6 Å². The van der Waals surface area contributed by atoms with Crippen LogP contribution in [0, 0.1) is 0 Å². The van der Waals surface area contributed by atoms with E-state index in [-0.39, 0.29) is 5.91 Å². The Morgan fingerprint density at radius 3 is 2.49 bits per heavy atom. The first-order valence-corrected chi connectivity index (χ1v) is 18.6. The first-order chi connectivity index (χ1) is 22.9. The number of benzene rings is 3. The molecule has 1 aromatic heterocycles. The van der Waals surface area contributed by atoms with Crippen LogP contribution in [0.1, 0.15) is 58.2 Å². The van der Waals surface area contributed by atoms with Crippen LogP contribution in [0.15, 0.2) is 95.1 Å². The third kappa shape index (κ3) is 11.9. The van der Waals surface area contributed by atoms with Crippen molar-refractivity contribution in [2.75, 3.05) is 30.9 Å². The Kier molecular flexibility index (Phi) is 15.0. The molecular formula is C38H47N3O4S2. The van der Waals surface area contributed by atoms with Gasteiger partial charge in [-0.05, 0) is 95.3 Å². The molecule has 1 amide bonds. The molecule has 1 atom stereocenters. The highest BCUT2D eigenvalue weighted by molar-refractivity contribution is 8.00. The lowest BCUT2D eigenvalue weighted by molar-refractivity contribution is -0.111. The van der Waals surface area contributed by atoms with Crippen molar-refractivity contribution in [1.29, 1.82) is 0 Å². The Morgan fingerprint density at radius 2 is 1.77 bits per heavy atom. The predicted molar refractivity (Wildman–Crippen MR) is 196 cm³/mol. The van der Waals surface area contributed by atoms with E-state index in [2.05, 4.69) is 72.9 Å². The van der Waals surface area contributed by atoms with Crippen LogP contribution in [0.4, 0.5) is 5.69 Å². The lowest BCUT2D eigenvalue weighted by atomic mass is 10.0. The first-order valence-electron chi connectivity index (χ1n) is 16.4. The molecule has 7 nitrogen and oxygen atoms in total. The maximum atomic E-state index is 12.9. The molecule has 3 aromatic carbocycles. The van der Waals surface area contributed by atoms with E-state index < -0.39 is 11.2 Å². The van der Waals surface area contributed by atoms with Crippen LogP contribution in [-0.4, -0.2) is 50.8 Å². The number of hydrogen-bond donors (Lipinski definition) is 1. The second kappa shape index (κ2) is 19.4. The molecule has 4 rings (SSSR count). The Hall–Kier alpha value is -3.50. The Labute approximate surface area is 287 Å². The summed E-state index contributed by atoms with van der Waals surface area (Å²) in [6, 6.07) is 21.6. The van der Waals surface area contributed by atoms with Gasteiger partial charge < -0.3 is 23.9 Å². The number of rotatable bonds is 19. The van der Waals surface area contributed by atoms with Crippen LogP contribution >= 0.6 is 11.8 Å². The van der Waals surface area contributed by atoms with Crippen LogP contribution in [-0.2, 0) is 33.7 Å². The van der Waals surface area contributed by atoms with Gasteiger partial charge >= 0.3 is 0 Å². The normalized spacial score (nSPS) is 12.1. The number of nitrogens with one attached hydrogen (secondary N) is 1. The number of nitrogens with zero attached hydrogens (tertiary/aromatic N) is 2. The summed E-state index contributed by atoms with van der Waals surface area (Å²) in [5.41, 5.74) is 4.86. The molecule has 0 aliphatic carbocycles. The maximum absolute atomic E-state index is 12.9. The number of carbonyl (C=O) groups is 1. The van der Waals surface area contributed by atoms with Crippen molar-refractivity contribution < 1.29 is 18.8 Å². The van der Waals surface area contributed by atoms with Gasteiger partial charge in [-0.3, -0.25) is 4.79 Å². The highest BCUT2D eigenvalue weighted by atomic mass is 32.2. The molecule has 0 bridgehead atoms. The van der Waals surface area contributed by atoms with E-state index in [4.69, 9.17) is 9.47 Å². The summed E-state index contributed by atoms with van der Waals surface area (Å²) in [6.45, 7) is 11.4. The van der Waals surface area contributed by atoms with Gasteiger partial charge in [0.15, 0.2) is 4.90 Å². The van der Waals surface area contributed by atoms with Crippen LogP contribution in [0.5, 0.6) is 5.75 Å². The number of amides is 1. The predicted octanol–water partition coefficient (Wildman–Crippen LogP) is 8.66. The first kappa shape index (κ1) is 36.3. The lowest BCUT2D eigenvalue weighted by Gasteiger charge is -2.12. The van der Waals surface area contributed by atoms with E-state index in [0.29, 0.717) is 36.3 Å². The summed E-state index contributed by atoms with van der Waals surface area (Å²) >= 11 is 0.622. The molecule has 0 unspecified atom stereocenters. The van der Waals surface area contributed by atoms with E-state index in [9.17, 15) is 9.35 Å². The standard InChI is InChI=1S/C38H47N3O4S2/c1-5-7-22-44-23-24-45-35-14-8-30(9-15-35)31-10-18-37(46-29(3)4)32(26-31)11-19-38(42)40-33-12-16-36(17-13-33)47(43)25-20-34-27-39-28-41(34)21-6-2/h8-19,26-29H,5-7,20-25H2,1-4H3,(H,40,42)/b19-11+/t47-/m0/s1. The van der Waals surface area contributed by atoms with Gasteiger partial charge in [-0.2, -0.15) is 0 Å². The third-order valence-corrected chi connectivity index (χ3v) is 9.77. The highest BCUT2D eigenvalue weighted by Gasteiger charge is 2.14. The number of imidazole rings is 1. The van der Waals surface area contributed by atoms with Crippen molar-refractivity contribution in [2.45, 2.75) is 75.0 Å². The van der Waals surface area contributed by atoms with Crippen LogP contribution in [0.25, 0.3) is 17.2 Å². The van der Waals surface area contributed by atoms with Crippen molar-refractivity contribution in [3.63, 3.8) is 0 Å². The number of thioether (sulfide) groups is 1. The van der Waals surface area contributed by atoms with E-state index in [1.807, 2.05) is 42.9 Å². The zero-order valence-electron chi connectivity index (χ0n) is 27.9. The van der Waals surface area contributed by atoms with Crippen molar-refractivity contribution in [3.8, 4) is 16.9 Å². The molecule has 47 heavy (non-hydrogen) atoms. The summed E-state index contributed by atoms with van der Waals surface area (Å²) in [5, 5.41) is 3.33. The molecule has 0 saturated carbocycles. The fraction of sp³-hybridized carbons (Fsp3) is 0.368. The number of ether oxygens (including phenoxy) is 2. The third-order valence-electron chi connectivity index (χ3n) is 7.30. The largest absolute Gasteiger partial charge is 0.611 e. The molecule has 9 heteroatoms. The molecule has 0 aliphatic heterocycles. The van der Waals surface area contributed by atoms with Gasteiger partial charge in [0.2, 0.25) is 5.91 Å². The van der Waals surface area contributed by atoms with Gasteiger partial charge in [0.1, 0.15) is 18.1 Å². The molecule has 250 valence electrons. The van der Waals surface area contributed by atoms with Crippen molar-refractivity contribution in [3.05, 3.63) is 96.6 Å². The van der Waals surface area contributed by atoms with E-state index in [0.717, 1.165) is 70.3 Å². The van der Waals surface area contributed by atoms with Crippen molar-refractivity contribution in [1.82, 2.24) is 9.55 Å². The second-order valence-corrected chi connectivity index (χ2v) is 14.7. The van der Waals surface area contributed by atoms with Gasteiger partial charge in [-0.15, -0.1) is 11.8 Å². The molecule has 1 heterocycles. The number of unbranched alkanes of at least 4 members (excludes halogenated alkanes) is 1. The second-order valence-electron chi connectivity index (χ2n) is 11.5. The minimum Gasteiger partial charge on any atom is -0.611 e. The number of hydrogen-bond acceptors (Lipinski definition) is 6. The smallest absolute Gasteiger partial charge is 0.248 e. The van der Waals surface area contributed by atoms with Gasteiger partial charge in [0.25, 0.3) is 0 Å². The number of carbonyl (C=O) groups excluding carboxylic acids is 1. The molecule has 4 aromatic rings. The van der Waals surface area contributed by atoms with Crippen LogP contribution < -0.4 is 10.1 Å². The van der Waals surface area contributed by atoms with Gasteiger partial charge in [0.05, 0.1) is 12.9 Å². The average molecular weight is 674 g/mol. The zero-order valence-corrected chi connectivity index (χ0v) is 29.6. The van der Waals surface area contributed by atoms with Gasteiger partial charge in [0, 0.05) is 53.4 Å². The summed E-state index contributed by atoms with van der Waals surface area (Å²) in [4.78, 5) is 19.0. The van der Waals surface area contributed by atoms with E-state index in [1.165, 1.54) is 0 Å². The van der Waals surface area contributed by atoms with E-state index in [1.54, 1.807) is 30.0 Å². The Morgan fingerprint density at radius 1 is 1.00 bits per heavy atom. The fourth-order valence-electron chi connectivity index (χ4n) is 4.88. The summed E-state index contributed by atoms with van der Waals surface area (Å²) in [7, 11) is 0. The Balaban J connectivity index is 1.35. The lowest BCUT2D eigenvalue weighted by Crippen LogP contribution is -2.12. The summed E-state index contributed by atoms with van der Waals surface area (Å²) < 4.78 is 26.4. The molecular weight excluding hydrogens is 627 g/mol. The summed E-state index contributed by atoms with van der Waals surface area (Å²) in [6.07, 6.45) is 11.0. The molecule has 0 aliphatic rings. The maximum Gasteiger partial charge on any atom is 0.248 e. The highest BCUT2D eigenvalue weighted by Crippen LogP contribution is 2.32. The summed E-state index contributed by atoms with van der Waals surface area (Å²) in [5.74, 6) is 1.10. The van der Waals surface area contributed by atoms with Crippen molar-refractivity contribution in [2.24, 2.45) is 0 Å². The monoisotopic (exact) mass is 673 g/mol. The molecule has 1 N–H and O–H groups in total. The van der Waals surface area contributed by atoms with Gasteiger partial charge in [-0.1, -0.05) is 52.3 Å². The molecule has 0 saturated heterocycles. The molecule has 0 radical (unpaired) electrons. The van der Waals surface area contributed by atoms with Crippen LogP contribution in [0.3, 0.4) is 0 Å². The number of anilines is 1. The number of aryl methyl sites for hydroxylation is 2. The zero-order chi connectivity index (χ0) is 33.4. The number of aromatic nitrogens is 2. The quantitative estimate of drug-likeness (QED) is 0.0464. The fourth-order valence-corrected chi connectivity index (χ4v) is 6.87. The SMILES string of the molecule is CCCCOCCOc1ccc(-c2ccc(SC(C)C)c(/C=C/C(=O)Nc3ccc([S@@+]([O-])CCc4cncn4CCC)cc3)c2)cc1. The van der Waals surface area contributed by atoms with Gasteiger partial charge in [-0.25, -0.2) is 4.98 Å². The molecule has 0 spiro atoms. The minimum atomic E-state index is -1.14. The minimum absolute atomic E-state index is 0.228. The Bertz CT molecular complexity index is 1550. The van der Waals surface area contributed by atoms with E-state index >= 15 is 0 Å². The topological polar surface area (TPSA) is 88.4 Å². The molecule has 0 fully saturated rings. The van der Waals surface area contributed by atoms with Crippen LogP contribution in [0.2, 0.25) is 0 Å². The average Bonchev–Trinajstić information content (AvgIpc) is 3.52.